The number of nitrogens with zero attached hydrogens (tertiary/aromatic N) is 3. The molecule has 1 atom stereocenters. The number of piperidine rings is 1. The standard InChI is InChI=1S/C23H31N3O/c1-17-15-24-22(21-9-6-10-21)26(17)16-19-11-13-25(14-12-19)23(27)18(2)20-7-4-3-5-8-20/h3-5,7-8,15,18-19,21H,6,9-14,16H2,1-2H3. The van der Waals surface area contributed by atoms with Gasteiger partial charge in [-0.25, -0.2) is 4.98 Å². The Morgan fingerprint density at radius 3 is 2.48 bits per heavy atom. The molecule has 0 bridgehead atoms. The van der Waals surface area contributed by atoms with Crippen molar-refractivity contribution in [3.05, 3.63) is 53.6 Å². The summed E-state index contributed by atoms with van der Waals surface area (Å²) in [6.45, 7) is 7.03. The molecule has 2 fully saturated rings. The minimum absolute atomic E-state index is 0.0520. The van der Waals surface area contributed by atoms with E-state index in [0.717, 1.165) is 38.0 Å². The molecule has 1 aromatic carbocycles. The lowest BCUT2D eigenvalue weighted by Gasteiger charge is -2.35. The molecule has 4 nitrogen and oxygen atoms in total. The zero-order valence-corrected chi connectivity index (χ0v) is 16.6. The number of likely N-dealkylation sites (tertiary alicyclic amines) is 1. The van der Waals surface area contributed by atoms with E-state index in [2.05, 4.69) is 28.5 Å². The second-order valence-corrected chi connectivity index (χ2v) is 8.40. The zero-order valence-electron chi connectivity index (χ0n) is 16.6. The van der Waals surface area contributed by atoms with E-state index in [0.29, 0.717) is 11.8 Å². The van der Waals surface area contributed by atoms with E-state index in [1.807, 2.05) is 31.3 Å². The molecule has 2 heterocycles. The Labute approximate surface area is 162 Å². The Bertz CT molecular complexity index is 770. The van der Waals surface area contributed by atoms with Crippen LogP contribution in [-0.4, -0.2) is 33.4 Å². The number of carbonyl (C=O) groups excluding carboxylic acids is 1. The van der Waals surface area contributed by atoms with Crippen LogP contribution in [0.4, 0.5) is 0 Å². The monoisotopic (exact) mass is 365 g/mol. The van der Waals surface area contributed by atoms with Gasteiger partial charge in [-0.3, -0.25) is 4.79 Å². The van der Waals surface area contributed by atoms with Gasteiger partial charge in [-0.05, 0) is 51.0 Å². The molecule has 4 rings (SSSR count). The topological polar surface area (TPSA) is 38.1 Å². The van der Waals surface area contributed by atoms with Crippen LogP contribution in [0.25, 0.3) is 0 Å². The van der Waals surface area contributed by atoms with E-state index in [1.165, 1.54) is 30.8 Å². The number of aromatic nitrogens is 2. The van der Waals surface area contributed by atoms with Crippen LogP contribution in [-0.2, 0) is 11.3 Å². The van der Waals surface area contributed by atoms with E-state index in [4.69, 9.17) is 4.98 Å². The molecule has 1 aliphatic heterocycles. The average molecular weight is 366 g/mol. The van der Waals surface area contributed by atoms with Crippen molar-refractivity contribution < 1.29 is 4.79 Å². The molecule has 1 saturated heterocycles. The van der Waals surface area contributed by atoms with E-state index >= 15 is 0 Å². The van der Waals surface area contributed by atoms with Crippen LogP contribution in [0.15, 0.2) is 36.5 Å². The number of aryl methyl sites for hydroxylation is 1. The van der Waals surface area contributed by atoms with E-state index < -0.39 is 0 Å². The molecule has 2 aliphatic rings. The van der Waals surface area contributed by atoms with E-state index in [9.17, 15) is 4.79 Å². The Kier molecular flexibility index (Phi) is 5.33. The Morgan fingerprint density at radius 2 is 1.85 bits per heavy atom. The molecule has 4 heteroatoms. The first-order valence-electron chi connectivity index (χ1n) is 10.5. The van der Waals surface area contributed by atoms with E-state index in [-0.39, 0.29) is 11.8 Å². The molecule has 1 aromatic heterocycles. The number of rotatable bonds is 5. The normalized spacial score (nSPS) is 19.7. The van der Waals surface area contributed by atoms with Crippen molar-refractivity contribution in [1.29, 1.82) is 0 Å². The Morgan fingerprint density at radius 1 is 1.15 bits per heavy atom. The third-order valence-electron chi connectivity index (χ3n) is 6.59. The predicted octanol–water partition coefficient (Wildman–Crippen LogP) is 4.50. The van der Waals surface area contributed by atoms with Crippen molar-refractivity contribution in [1.82, 2.24) is 14.5 Å². The van der Waals surface area contributed by atoms with Crippen LogP contribution in [0.5, 0.6) is 0 Å². The van der Waals surface area contributed by atoms with Crippen LogP contribution < -0.4 is 0 Å². The minimum Gasteiger partial charge on any atom is -0.342 e. The number of hydrogen-bond donors (Lipinski definition) is 0. The number of benzene rings is 1. The van der Waals surface area contributed by atoms with Crippen LogP contribution in [0, 0.1) is 12.8 Å². The highest BCUT2D eigenvalue weighted by Crippen LogP contribution is 2.36. The number of hydrogen-bond acceptors (Lipinski definition) is 2. The largest absolute Gasteiger partial charge is 0.342 e. The highest BCUT2D eigenvalue weighted by atomic mass is 16.2. The van der Waals surface area contributed by atoms with Gasteiger partial charge in [0.2, 0.25) is 5.91 Å². The van der Waals surface area contributed by atoms with Crippen molar-refractivity contribution >= 4 is 5.91 Å². The predicted molar refractivity (Wildman–Crippen MR) is 108 cm³/mol. The summed E-state index contributed by atoms with van der Waals surface area (Å²) in [5, 5.41) is 0. The lowest BCUT2D eigenvalue weighted by atomic mass is 9.84. The van der Waals surface area contributed by atoms with Crippen LogP contribution in [0.1, 0.15) is 67.9 Å². The average Bonchev–Trinajstić information content (AvgIpc) is 3.01. The molecular formula is C23H31N3O. The molecule has 27 heavy (non-hydrogen) atoms. The van der Waals surface area contributed by atoms with Gasteiger partial charge < -0.3 is 9.47 Å². The maximum absolute atomic E-state index is 12.9. The molecule has 2 aromatic rings. The zero-order chi connectivity index (χ0) is 18.8. The van der Waals surface area contributed by atoms with Crippen LogP contribution >= 0.6 is 0 Å². The first kappa shape index (κ1) is 18.3. The summed E-state index contributed by atoms with van der Waals surface area (Å²) in [5.41, 5.74) is 2.40. The van der Waals surface area contributed by atoms with Crippen molar-refractivity contribution in [3.63, 3.8) is 0 Å². The third kappa shape index (κ3) is 3.80. The molecule has 0 spiro atoms. The maximum Gasteiger partial charge on any atom is 0.229 e. The molecular weight excluding hydrogens is 334 g/mol. The van der Waals surface area contributed by atoms with Gasteiger partial charge in [-0.1, -0.05) is 36.8 Å². The molecule has 0 radical (unpaired) electrons. The molecule has 1 amide bonds. The van der Waals surface area contributed by atoms with Crippen molar-refractivity contribution in [2.45, 2.75) is 64.3 Å². The highest BCUT2D eigenvalue weighted by Gasteiger charge is 2.29. The summed E-state index contributed by atoms with van der Waals surface area (Å²) >= 11 is 0. The quantitative estimate of drug-likeness (QED) is 0.782. The van der Waals surface area contributed by atoms with Gasteiger partial charge in [0.1, 0.15) is 5.82 Å². The number of carbonyl (C=O) groups is 1. The summed E-state index contributed by atoms with van der Waals surface area (Å²) < 4.78 is 2.46. The van der Waals surface area contributed by atoms with Crippen LogP contribution in [0.2, 0.25) is 0 Å². The fourth-order valence-corrected chi connectivity index (χ4v) is 4.46. The second-order valence-electron chi connectivity index (χ2n) is 8.40. The van der Waals surface area contributed by atoms with E-state index in [1.54, 1.807) is 0 Å². The van der Waals surface area contributed by atoms with Gasteiger partial charge in [-0.2, -0.15) is 0 Å². The van der Waals surface area contributed by atoms with Gasteiger partial charge in [-0.15, -0.1) is 0 Å². The molecule has 1 saturated carbocycles. The van der Waals surface area contributed by atoms with Gasteiger partial charge in [0.25, 0.3) is 0 Å². The second kappa shape index (κ2) is 7.87. The first-order valence-corrected chi connectivity index (χ1v) is 10.5. The summed E-state index contributed by atoms with van der Waals surface area (Å²) in [4.78, 5) is 19.6. The molecule has 1 unspecified atom stereocenters. The molecule has 144 valence electrons. The SMILES string of the molecule is Cc1cnc(C2CCC2)n1CC1CCN(C(=O)C(C)c2ccccc2)CC1. The summed E-state index contributed by atoms with van der Waals surface area (Å²) in [6.07, 6.45) is 8.15. The lowest BCUT2D eigenvalue weighted by molar-refractivity contribution is -0.133. The first-order chi connectivity index (χ1) is 13.1. The van der Waals surface area contributed by atoms with Gasteiger partial charge in [0.05, 0.1) is 5.92 Å². The summed E-state index contributed by atoms with van der Waals surface area (Å²) in [7, 11) is 0. The number of imidazole rings is 1. The smallest absolute Gasteiger partial charge is 0.229 e. The molecule has 1 aliphatic carbocycles. The highest BCUT2D eigenvalue weighted by molar-refractivity contribution is 5.83. The van der Waals surface area contributed by atoms with Gasteiger partial charge in [0.15, 0.2) is 0 Å². The fraction of sp³-hybridized carbons (Fsp3) is 0.565. The van der Waals surface area contributed by atoms with Crippen molar-refractivity contribution in [3.8, 4) is 0 Å². The Balaban J connectivity index is 1.34. The van der Waals surface area contributed by atoms with Crippen LogP contribution in [0.3, 0.4) is 0 Å². The van der Waals surface area contributed by atoms with Gasteiger partial charge >= 0.3 is 0 Å². The summed E-state index contributed by atoms with van der Waals surface area (Å²) in [5.74, 6) is 2.84. The van der Waals surface area contributed by atoms with Crippen molar-refractivity contribution in [2.75, 3.05) is 13.1 Å². The fourth-order valence-electron chi connectivity index (χ4n) is 4.46. The Hall–Kier alpha value is -2.10. The lowest BCUT2D eigenvalue weighted by Crippen LogP contribution is -2.41. The van der Waals surface area contributed by atoms with Crippen molar-refractivity contribution in [2.24, 2.45) is 5.92 Å². The third-order valence-corrected chi connectivity index (χ3v) is 6.59. The minimum atomic E-state index is -0.0520. The van der Waals surface area contributed by atoms with Gasteiger partial charge in [0, 0.05) is 37.4 Å². The molecule has 0 N–H and O–H groups in total. The maximum atomic E-state index is 12.9. The summed E-state index contributed by atoms with van der Waals surface area (Å²) in [6, 6.07) is 10.1. The number of amides is 1.